The van der Waals surface area contributed by atoms with E-state index < -0.39 is 0 Å². The fourth-order valence-corrected chi connectivity index (χ4v) is 2.57. The van der Waals surface area contributed by atoms with Gasteiger partial charge in [-0.05, 0) is 36.1 Å². The highest BCUT2D eigenvalue weighted by Gasteiger charge is 2.50. The second kappa shape index (κ2) is 3.70. The summed E-state index contributed by atoms with van der Waals surface area (Å²) in [5.41, 5.74) is 8.63. The van der Waals surface area contributed by atoms with E-state index in [4.69, 9.17) is 5.73 Å². The molecule has 88 valence electrons. The first kappa shape index (κ1) is 10.5. The molecule has 0 saturated heterocycles. The molecule has 2 aromatic rings. The monoisotopic (exact) mass is 227 g/mol. The minimum absolute atomic E-state index is 0.0993. The van der Waals surface area contributed by atoms with Crippen molar-refractivity contribution in [3.8, 4) is 5.69 Å². The smallest absolute Gasteiger partial charge is 0.0648 e. The van der Waals surface area contributed by atoms with Crippen LogP contribution in [0.25, 0.3) is 5.69 Å². The molecule has 0 aliphatic heterocycles. The second-order valence-corrected chi connectivity index (χ2v) is 4.85. The van der Waals surface area contributed by atoms with Gasteiger partial charge in [-0.15, -0.1) is 0 Å². The van der Waals surface area contributed by atoms with Gasteiger partial charge >= 0.3 is 0 Å². The summed E-state index contributed by atoms with van der Waals surface area (Å²) in [6.07, 6.45) is 6.00. The first-order chi connectivity index (χ1) is 8.24. The zero-order valence-corrected chi connectivity index (χ0v) is 10.0. The third-order valence-electron chi connectivity index (χ3n) is 3.80. The van der Waals surface area contributed by atoms with Crippen LogP contribution in [0.1, 0.15) is 25.3 Å². The van der Waals surface area contributed by atoms with Gasteiger partial charge in [0.1, 0.15) is 0 Å². The van der Waals surface area contributed by atoms with Gasteiger partial charge < -0.3 is 5.73 Å². The number of nitrogens with zero attached hydrogens (tertiary/aromatic N) is 2. The molecule has 1 aliphatic rings. The van der Waals surface area contributed by atoms with E-state index in [0.717, 1.165) is 18.5 Å². The zero-order valence-electron chi connectivity index (χ0n) is 10.0. The summed E-state index contributed by atoms with van der Waals surface area (Å²) >= 11 is 0. The predicted octanol–water partition coefficient (Wildman–Crippen LogP) is 2.46. The van der Waals surface area contributed by atoms with E-state index in [1.165, 1.54) is 5.56 Å². The minimum Gasteiger partial charge on any atom is -0.321 e. The number of rotatable bonds is 3. The van der Waals surface area contributed by atoms with Crippen LogP contribution in [0.15, 0.2) is 42.7 Å². The van der Waals surface area contributed by atoms with E-state index in [1.807, 2.05) is 16.9 Å². The molecule has 3 heteroatoms. The van der Waals surface area contributed by atoms with Crippen molar-refractivity contribution in [2.45, 2.75) is 25.3 Å². The first-order valence-electron chi connectivity index (χ1n) is 6.13. The SMILES string of the molecule is CCC1CC1(N)c1cccc(-n2cccn2)c1. The fraction of sp³-hybridized carbons (Fsp3) is 0.357. The lowest BCUT2D eigenvalue weighted by Gasteiger charge is -2.13. The third kappa shape index (κ3) is 1.67. The number of hydrogen-bond acceptors (Lipinski definition) is 2. The van der Waals surface area contributed by atoms with Crippen molar-refractivity contribution in [1.29, 1.82) is 0 Å². The van der Waals surface area contributed by atoms with Crippen molar-refractivity contribution in [3.63, 3.8) is 0 Å². The highest BCUT2D eigenvalue weighted by molar-refractivity contribution is 5.41. The minimum atomic E-state index is -0.0993. The Balaban J connectivity index is 1.96. The Morgan fingerprint density at radius 2 is 2.35 bits per heavy atom. The standard InChI is InChI=1S/C14H17N3/c1-2-11-10-14(11,15)12-5-3-6-13(9-12)17-8-4-7-16-17/h3-9,11H,2,10,15H2,1H3. The molecule has 1 aromatic carbocycles. The highest BCUT2D eigenvalue weighted by Crippen LogP contribution is 2.51. The summed E-state index contributed by atoms with van der Waals surface area (Å²) in [6, 6.07) is 10.3. The Morgan fingerprint density at radius 1 is 1.47 bits per heavy atom. The quantitative estimate of drug-likeness (QED) is 0.875. The van der Waals surface area contributed by atoms with Crippen molar-refractivity contribution in [3.05, 3.63) is 48.3 Å². The Kier molecular flexibility index (Phi) is 2.30. The molecule has 2 N–H and O–H groups in total. The molecule has 1 aromatic heterocycles. The summed E-state index contributed by atoms with van der Waals surface area (Å²) in [5, 5.41) is 4.25. The molecule has 1 fully saturated rings. The molecule has 2 atom stereocenters. The van der Waals surface area contributed by atoms with Gasteiger partial charge in [0.05, 0.1) is 5.69 Å². The largest absolute Gasteiger partial charge is 0.321 e. The number of hydrogen-bond donors (Lipinski definition) is 1. The zero-order chi connectivity index (χ0) is 11.9. The van der Waals surface area contributed by atoms with Crippen LogP contribution >= 0.6 is 0 Å². The van der Waals surface area contributed by atoms with Crippen LogP contribution < -0.4 is 5.73 Å². The van der Waals surface area contributed by atoms with E-state index in [9.17, 15) is 0 Å². The Labute approximate surface area is 101 Å². The molecule has 2 unspecified atom stereocenters. The third-order valence-corrected chi connectivity index (χ3v) is 3.80. The Bertz CT molecular complexity index is 518. The summed E-state index contributed by atoms with van der Waals surface area (Å²) in [4.78, 5) is 0. The molecular weight excluding hydrogens is 210 g/mol. The van der Waals surface area contributed by atoms with Crippen LogP contribution in [0.5, 0.6) is 0 Å². The van der Waals surface area contributed by atoms with Crippen molar-refractivity contribution in [2.75, 3.05) is 0 Å². The molecular formula is C14H17N3. The van der Waals surface area contributed by atoms with E-state index in [1.54, 1.807) is 6.20 Å². The topological polar surface area (TPSA) is 43.8 Å². The van der Waals surface area contributed by atoms with Gasteiger partial charge in [-0.3, -0.25) is 0 Å². The van der Waals surface area contributed by atoms with Gasteiger partial charge in [-0.2, -0.15) is 5.10 Å². The highest BCUT2D eigenvalue weighted by atomic mass is 15.3. The van der Waals surface area contributed by atoms with Crippen LogP contribution in [-0.4, -0.2) is 9.78 Å². The van der Waals surface area contributed by atoms with Crippen LogP contribution in [0.2, 0.25) is 0 Å². The van der Waals surface area contributed by atoms with Crippen LogP contribution in [0.4, 0.5) is 0 Å². The van der Waals surface area contributed by atoms with Crippen molar-refractivity contribution < 1.29 is 0 Å². The first-order valence-corrected chi connectivity index (χ1v) is 6.13. The van der Waals surface area contributed by atoms with Gasteiger partial charge in [0, 0.05) is 17.9 Å². The molecule has 3 rings (SSSR count). The van der Waals surface area contributed by atoms with Gasteiger partial charge in [-0.1, -0.05) is 25.5 Å². The number of benzene rings is 1. The van der Waals surface area contributed by atoms with Gasteiger partial charge in [-0.25, -0.2) is 4.68 Å². The van der Waals surface area contributed by atoms with Crippen LogP contribution in [0.3, 0.4) is 0 Å². The lowest BCUT2D eigenvalue weighted by molar-refractivity contribution is 0.614. The lowest BCUT2D eigenvalue weighted by atomic mass is 10.0. The Hall–Kier alpha value is -1.61. The maximum Gasteiger partial charge on any atom is 0.0648 e. The number of nitrogens with two attached hydrogens (primary N) is 1. The lowest BCUT2D eigenvalue weighted by Crippen LogP contribution is -2.22. The second-order valence-electron chi connectivity index (χ2n) is 4.85. The fourth-order valence-electron chi connectivity index (χ4n) is 2.57. The van der Waals surface area contributed by atoms with E-state index in [-0.39, 0.29) is 5.54 Å². The maximum atomic E-state index is 6.42. The van der Waals surface area contributed by atoms with E-state index in [2.05, 4.69) is 36.3 Å². The molecule has 17 heavy (non-hydrogen) atoms. The van der Waals surface area contributed by atoms with Crippen molar-refractivity contribution in [1.82, 2.24) is 9.78 Å². The summed E-state index contributed by atoms with van der Waals surface area (Å²) in [5.74, 6) is 0.635. The molecule has 1 saturated carbocycles. The molecule has 0 radical (unpaired) electrons. The molecule has 0 amide bonds. The normalized spacial score (nSPS) is 27.1. The summed E-state index contributed by atoms with van der Waals surface area (Å²) in [6.45, 7) is 2.20. The molecule has 0 spiro atoms. The van der Waals surface area contributed by atoms with Gasteiger partial charge in [0.15, 0.2) is 0 Å². The van der Waals surface area contributed by atoms with E-state index >= 15 is 0 Å². The number of aromatic nitrogens is 2. The van der Waals surface area contributed by atoms with Crippen molar-refractivity contribution >= 4 is 0 Å². The molecule has 1 heterocycles. The van der Waals surface area contributed by atoms with Gasteiger partial charge in [0.25, 0.3) is 0 Å². The Morgan fingerprint density at radius 3 is 3.00 bits per heavy atom. The predicted molar refractivity (Wildman–Crippen MR) is 67.8 cm³/mol. The van der Waals surface area contributed by atoms with Gasteiger partial charge in [0.2, 0.25) is 0 Å². The summed E-state index contributed by atoms with van der Waals surface area (Å²) in [7, 11) is 0. The van der Waals surface area contributed by atoms with Crippen molar-refractivity contribution in [2.24, 2.45) is 11.7 Å². The molecule has 3 nitrogen and oxygen atoms in total. The van der Waals surface area contributed by atoms with Crippen LogP contribution in [-0.2, 0) is 5.54 Å². The summed E-state index contributed by atoms with van der Waals surface area (Å²) < 4.78 is 1.87. The molecule has 0 bridgehead atoms. The van der Waals surface area contributed by atoms with Crippen LogP contribution in [0, 0.1) is 5.92 Å². The molecule has 1 aliphatic carbocycles. The average molecular weight is 227 g/mol. The average Bonchev–Trinajstić information content (AvgIpc) is 2.81. The maximum absolute atomic E-state index is 6.42. The van der Waals surface area contributed by atoms with E-state index in [0.29, 0.717) is 5.92 Å².